The van der Waals surface area contributed by atoms with Crippen molar-refractivity contribution in [2.75, 3.05) is 20.2 Å². The molecule has 1 aromatic heterocycles. The van der Waals surface area contributed by atoms with Crippen LogP contribution >= 0.6 is 0 Å². The third-order valence-corrected chi connectivity index (χ3v) is 6.82. The van der Waals surface area contributed by atoms with E-state index >= 15 is 0 Å². The highest BCUT2D eigenvalue weighted by molar-refractivity contribution is 5.84. The molecule has 214 valence electrons. The Morgan fingerprint density at radius 3 is 2.17 bits per heavy atom. The second-order valence-corrected chi connectivity index (χ2v) is 10.6. The lowest BCUT2D eigenvalue weighted by Crippen LogP contribution is -2.47. The van der Waals surface area contributed by atoms with Crippen LogP contribution in [0.1, 0.15) is 36.2 Å². The summed E-state index contributed by atoms with van der Waals surface area (Å²) in [7, 11) is 1.66. The quantitative estimate of drug-likeness (QED) is 0.223. The van der Waals surface area contributed by atoms with Crippen LogP contribution < -0.4 is 10.1 Å². The first-order valence-corrected chi connectivity index (χ1v) is 14.1. The molecule has 7 nitrogen and oxygen atoms in total. The van der Waals surface area contributed by atoms with Gasteiger partial charge in [0, 0.05) is 38.1 Å². The van der Waals surface area contributed by atoms with Crippen LogP contribution in [-0.2, 0) is 31.0 Å². The van der Waals surface area contributed by atoms with Gasteiger partial charge in [-0.05, 0) is 46.9 Å². The van der Waals surface area contributed by atoms with Gasteiger partial charge < -0.3 is 24.4 Å². The van der Waals surface area contributed by atoms with Gasteiger partial charge in [0.1, 0.15) is 12.3 Å². The molecule has 0 atom stereocenters. The Bertz CT molecular complexity index is 1390. The van der Waals surface area contributed by atoms with Crippen LogP contribution in [0.2, 0.25) is 0 Å². The summed E-state index contributed by atoms with van der Waals surface area (Å²) < 4.78 is 7.54. The number of aromatic nitrogens is 1. The Morgan fingerprint density at radius 2 is 1.49 bits per heavy atom. The average Bonchev–Trinajstić information content (AvgIpc) is 3.42. The zero-order valence-electron chi connectivity index (χ0n) is 24.2. The van der Waals surface area contributed by atoms with Crippen LogP contribution in [0.4, 0.5) is 4.79 Å². The van der Waals surface area contributed by atoms with E-state index in [1.165, 1.54) is 0 Å². The normalized spacial score (nSPS) is 10.8. The molecule has 3 amide bonds. The van der Waals surface area contributed by atoms with E-state index in [9.17, 15) is 9.59 Å². The maximum Gasteiger partial charge on any atom is 0.318 e. The molecule has 0 aliphatic rings. The molecule has 4 rings (SSSR count). The molecule has 0 bridgehead atoms. The number of ether oxygens (including phenoxy) is 1. The van der Waals surface area contributed by atoms with Gasteiger partial charge in [0.15, 0.2) is 0 Å². The van der Waals surface area contributed by atoms with E-state index in [0.717, 1.165) is 28.1 Å². The second kappa shape index (κ2) is 14.7. The van der Waals surface area contributed by atoms with Crippen molar-refractivity contribution in [1.82, 2.24) is 19.7 Å². The highest BCUT2D eigenvalue weighted by atomic mass is 16.5. The first kappa shape index (κ1) is 29.5. The summed E-state index contributed by atoms with van der Waals surface area (Å²) in [6, 6.07) is 31.6. The van der Waals surface area contributed by atoms with E-state index in [4.69, 9.17) is 4.74 Å². The van der Waals surface area contributed by atoms with Crippen LogP contribution in [-0.4, -0.2) is 46.5 Å². The topological polar surface area (TPSA) is 66.8 Å². The number of benzene rings is 3. The molecular formula is C34H40N4O3. The number of nitrogens with one attached hydrogen (secondary N) is 1. The first-order chi connectivity index (χ1) is 19.9. The molecule has 0 unspecified atom stereocenters. The van der Waals surface area contributed by atoms with Crippen molar-refractivity contribution in [3.63, 3.8) is 0 Å². The molecule has 0 spiro atoms. The highest BCUT2D eigenvalue weighted by Gasteiger charge is 2.23. The fourth-order valence-electron chi connectivity index (χ4n) is 4.76. The van der Waals surface area contributed by atoms with E-state index in [-0.39, 0.29) is 24.4 Å². The molecule has 1 N–H and O–H groups in total. The van der Waals surface area contributed by atoms with Crippen LogP contribution in [0.15, 0.2) is 103 Å². The van der Waals surface area contributed by atoms with Gasteiger partial charge >= 0.3 is 6.03 Å². The lowest BCUT2D eigenvalue weighted by molar-refractivity contribution is -0.133. The van der Waals surface area contributed by atoms with E-state index in [2.05, 4.69) is 29.8 Å². The van der Waals surface area contributed by atoms with Gasteiger partial charge in [0.2, 0.25) is 5.91 Å². The average molecular weight is 553 g/mol. The number of urea groups is 1. The van der Waals surface area contributed by atoms with Crippen LogP contribution in [0.5, 0.6) is 5.75 Å². The molecule has 0 aliphatic heterocycles. The number of hydrogen-bond acceptors (Lipinski definition) is 3. The maximum atomic E-state index is 13.9. The van der Waals surface area contributed by atoms with Crippen LogP contribution in [0.25, 0.3) is 0 Å². The van der Waals surface area contributed by atoms with Crippen molar-refractivity contribution < 1.29 is 14.3 Å². The van der Waals surface area contributed by atoms with Crippen molar-refractivity contribution in [2.24, 2.45) is 5.92 Å². The van der Waals surface area contributed by atoms with Crippen molar-refractivity contribution in [2.45, 2.75) is 40.0 Å². The van der Waals surface area contributed by atoms with Crippen molar-refractivity contribution in [1.29, 1.82) is 0 Å². The molecule has 0 saturated carbocycles. The first-order valence-electron chi connectivity index (χ1n) is 14.1. The summed E-state index contributed by atoms with van der Waals surface area (Å²) >= 11 is 0. The summed E-state index contributed by atoms with van der Waals surface area (Å²) in [6.45, 7) is 6.53. The van der Waals surface area contributed by atoms with Crippen LogP contribution in [0, 0.1) is 5.92 Å². The monoisotopic (exact) mass is 552 g/mol. The Hall–Kier alpha value is -4.52. The predicted molar refractivity (Wildman–Crippen MR) is 162 cm³/mol. The molecule has 0 radical (unpaired) electrons. The summed E-state index contributed by atoms with van der Waals surface area (Å²) in [6.07, 6.45) is 2.03. The van der Waals surface area contributed by atoms with Crippen LogP contribution in [0.3, 0.4) is 0 Å². The minimum Gasteiger partial charge on any atom is -0.497 e. The number of carbonyl (C=O) groups is 2. The number of rotatable bonds is 13. The third-order valence-electron chi connectivity index (χ3n) is 6.82. The van der Waals surface area contributed by atoms with Crippen molar-refractivity contribution in [3.05, 3.63) is 126 Å². The van der Waals surface area contributed by atoms with E-state index in [0.29, 0.717) is 32.7 Å². The highest BCUT2D eigenvalue weighted by Crippen LogP contribution is 2.17. The van der Waals surface area contributed by atoms with Gasteiger partial charge in [-0.1, -0.05) is 86.6 Å². The molecule has 3 aromatic carbocycles. The molecule has 4 aromatic rings. The Balaban J connectivity index is 1.51. The lowest BCUT2D eigenvalue weighted by atomic mass is 10.2. The summed E-state index contributed by atoms with van der Waals surface area (Å²) in [5, 5.41) is 2.99. The van der Waals surface area contributed by atoms with Gasteiger partial charge in [-0.2, -0.15) is 0 Å². The lowest BCUT2D eigenvalue weighted by Gasteiger charge is -2.29. The summed E-state index contributed by atoms with van der Waals surface area (Å²) in [4.78, 5) is 30.6. The van der Waals surface area contributed by atoms with Gasteiger partial charge in [-0.25, -0.2) is 4.79 Å². The summed E-state index contributed by atoms with van der Waals surface area (Å²) in [5.74, 6) is 0.930. The number of methoxy groups -OCH3 is 1. The van der Waals surface area contributed by atoms with E-state index < -0.39 is 0 Å². The molecule has 41 heavy (non-hydrogen) atoms. The number of carbonyl (C=O) groups excluding carboxylic acids is 2. The third kappa shape index (κ3) is 9.00. The number of amides is 3. The standard InChI is InChI=1S/C34H40N4O3/c1-27(2)22-38(34(40)35-21-28-12-6-4-7-13-28)26-33(39)37(23-29-14-8-5-9-15-29)25-31-17-11-19-36(31)24-30-16-10-18-32(20-30)41-3/h4-20,27H,21-26H2,1-3H3,(H,35,40). The Labute approximate surface area is 243 Å². The SMILES string of the molecule is COc1cccc(Cn2cccc2CN(Cc2ccccc2)C(=O)CN(CC(C)C)C(=O)NCc2ccccc2)c1. The fraction of sp³-hybridized carbons (Fsp3) is 0.294. The Morgan fingerprint density at radius 1 is 0.805 bits per heavy atom. The zero-order chi connectivity index (χ0) is 29.0. The molecule has 0 fully saturated rings. The minimum absolute atomic E-state index is 0.00221. The predicted octanol–water partition coefficient (Wildman–Crippen LogP) is 5.94. The van der Waals surface area contributed by atoms with Crippen molar-refractivity contribution in [3.8, 4) is 5.75 Å². The fourth-order valence-corrected chi connectivity index (χ4v) is 4.76. The molecule has 0 saturated heterocycles. The molecular weight excluding hydrogens is 512 g/mol. The van der Waals surface area contributed by atoms with E-state index in [1.807, 2.05) is 102 Å². The zero-order valence-corrected chi connectivity index (χ0v) is 24.2. The molecule has 0 aliphatic carbocycles. The second-order valence-electron chi connectivity index (χ2n) is 10.6. The minimum atomic E-state index is -0.239. The Kier molecular flexibility index (Phi) is 10.6. The smallest absolute Gasteiger partial charge is 0.318 e. The maximum absolute atomic E-state index is 13.9. The molecule has 7 heteroatoms. The van der Waals surface area contributed by atoms with Gasteiger partial charge in [0.05, 0.1) is 13.7 Å². The number of hydrogen-bond donors (Lipinski definition) is 1. The van der Waals surface area contributed by atoms with Crippen molar-refractivity contribution >= 4 is 11.9 Å². The summed E-state index contributed by atoms with van der Waals surface area (Å²) in [5.41, 5.74) is 4.18. The number of nitrogens with zero attached hydrogens (tertiary/aromatic N) is 3. The molecule has 1 heterocycles. The van der Waals surface area contributed by atoms with Gasteiger partial charge in [-0.3, -0.25) is 4.79 Å². The van der Waals surface area contributed by atoms with Gasteiger partial charge in [0.25, 0.3) is 0 Å². The largest absolute Gasteiger partial charge is 0.497 e. The van der Waals surface area contributed by atoms with Gasteiger partial charge in [-0.15, -0.1) is 0 Å². The van der Waals surface area contributed by atoms with E-state index in [1.54, 1.807) is 12.0 Å².